The van der Waals surface area contributed by atoms with Gasteiger partial charge in [0.2, 0.25) is 0 Å². The van der Waals surface area contributed by atoms with Crippen LogP contribution in [0.1, 0.15) is 18.1 Å². The van der Waals surface area contributed by atoms with Crippen molar-refractivity contribution in [3.63, 3.8) is 0 Å². The van der Waals surface area contributed by atoms with Crippen LogP contribution in [0, 0.1) is 6.92 Å². The Kier molecular flexibility index (Phi) is 7.61. The maximum atomic E-state index is 12.7. The zero-order valence-corrected chi connectivity index (χ0v) is 19.4. The first-order valence-electron chi connectivity index (χ1n) is 10.4. The molecule has 0 spiro atoms. The monoisotopic (exact) mass is 492 g/mol. The van der Waals surface area contributed by atoms with Gasteiger partial charge in [0.05, 0.1) is 11.4 Å². The lowest BCUT2D eigenvalue weighted by Gasteiger charge is -2.23. The summed E-state index contributed by atoms with van der Waals surface area (Å²) in [6.45, 7) is 3.88. The Morgan fingerprint density at radius 3 is 2.32 bits per heavy atom. The zero-order valence-electron chi connectivity index (χ0n) is 18.5. The second-order valence-electron chi connectivity index (χ2n) is 7.53. The Hall–Kier alpha value is -3.40. The molecule has 0 aliphatic heterocycles. The molecule has 180 valence electrons. The van der Waals surface area contributed by atoms with Gasteiger partial charge in [0, 0.05) is 18.4 Å². The smallest absolute Gasteiger partial charge is 0.457 e. The predicted octanol–water partition coefficient (Wildman–Crippen LogP) is 4.89. The van der Waals surface area contributed by atoms with Crippen LogP contribution in [0.5, 0.6) is 0 Å². The molecular formula is C24H23F3N2O4S. The minimum atomic E-state index is -5.02. The fourth-order valence-corrected chi connectivity index (χ4v) is 4.16. The van der Waals surface area contributed by atoms with Crippen molar-refractivity contribution in [2.45, 2.75) is 24.9 Å². The Morgan fingerprint density at radius 2 is 1.68 bits per heavy atom. The van der Waals surface area contributed by atoms with Crippen LogP contribution in [0.4, 0.5) is 18.9 Å². The minimum Gasteiger partial charge on any atom is -0.457 e. The van der Waals surface area contributed by atoms with Crippen LogP contribution in [-0.4, -0.2) is 46.5 Å². The van der Waals surface area contributed by atoms with E-state index in [1.54, 1.807) is 48.2 Å². The molecule has 0 unspecified atom stereocenters. The van der Waals surface area contributed by atoms with E-state index in [0.717, 1.165) is 16.3 Å². The molecule has 0 aliphatic carbocycles. The van der Waals surface area contributed by atoms with Crippen LogP contribution in [-0.2, 0) is 19.6 Å². The highest BCUT2D eigenvalue weighted by Crippen LogP contribution is 2.22. The van der Waals surface area contributed by atoms with E-state index in [-0.39, 0.29) is 11.4 Å². The lowest BCUT2D eigenvalue weighted by atomic mass is 10.1. The molecule has 0 radical (unpaired) electrons. The van der Waals surface area contributed by atoms with Gasteiger partial charge in [-0.15, -0.1) is 0 Å². The van der Waals surface area contributed by atoms with E-state index >= 15 is 0 Å². The average Bonchev–Trinajstić information content (AvgIpc) is 2.80. The second kappa shape index (κ2) is 10.3. The van der Waals surface area contributed by atoms with Gasteiger partial charge in [-0.2, -0.15) is 26.0 Å². The Bertz CT molecular complexity index is 1300. The van der Waals surface area contributed by atoms with E-state index < -0.39 is 28.8 Å². The van der Waals surface area contributed by atoms with Gasteiger partial charge in [-0.1, -0.05) is 42.0 Å². The van der Waals surface area contributed by atoms with Gasteiger partial charge in [-0.05, 0) is 54.4 Å². The number of carbonyl (C=O) groups excluding carboxylic acids is 1. The average molecular weight is 493 g/mol. The highest BCUT2D eigenvalue weighted by atomic mass is 32.2. The van der Waals surface area contributed by atoms with E-state index in [0.29, 0.717) is 17.8 Å². The molecule has 0 atom stereocenters. The summed E-state index contributed by atoms with van der Waals surface area (Å²) >= 11 is 0. The third-order valence-corrected chi connectivity index (χ3v) is 6.30. The third-order valence-electron chi connectivity index (χ3n) is 5.07. The molecule has 3 aromatic carbocycles. The number of aryl methyl sites for hydroxylation is 1. The molecule has 3 rings (SSSR count). The Labute approximate surface area is 195 Å². The molecule has 0 N–H and O–H groups in total. The first-order valence-corrected chi connectivity index (χ1v) is 11.8. The number of rotatable bonds is 8. The van der Waals surface area contributed by atoms with E-state index in [4.69, 9.17) is 0 Å². The lowest BCUT2D eigenvalue weighted by molar-refractivity contribution is -0.199. The number of hydrogen-bond acceptors (Lipinski definition) is 5. The molecule has 0 bridgehead atoms. The van der Waals surface area contributed by atoms with Gasteiger partial charge in [0.15, 0.2) is 0 Å². The second-order valence-corrected chi connectivity index (χ2v) is 9.16. The lowest BCUT2D eigenvalue weighted by Crippen LogP contribution is -2.31. The quantitative estimate of drug-likeness (QED) is 0.331. The number of halogens is 3. The molecule has 0 heterocycles. The van der Waals surface area contributed by atoms with Crippen molar-refractivity contribution in [3.05, 3.63) is 71.8 Å². The standard InChI is InChI=1S/C24H23F3N2O4S/c1-3-29(12-13-33-23(30)24(25,26)27)21-9-5-18(6-10-21)16-28-34(31,32)22-11-8-19-14-17(2)4-7-20(19)15-22/h4-11,14-16H,3,12-13H2,1-2H3. The van der Waals surface area contributed by atoms with Crippen LogP contribution in [0.3, 0.4) is 0 Å². The number of sulfonamides is 1. The number of anilines is 1. The summed E-state index contributed by atoms with van der Waals surface area (Å²) in [7, 11) is -3.90. The number of ether oxygens (including phenoxy) is 1. The predicted molar refractivity (Wildman–Crippen MR) is 125 cm³/mol. The van der Waals surface area contributed by atoms with Crippen LogP contribution in [0.2, 0.25) is 0 Å². The minimum absolute atomic E-state index is 0.0711. The molecule has 3 aromatic rings. The molecule has 0 fully saturated rings. The largest absolute Gasteiger partial charge is 0.490 e. The van der Waals surface area contributed by atoms with Gasteiger partial charge < -0.3 is 9.64 Å². The van der Waals surface area contributed by atoms with Gasteiger partial charge >= 0.3 is 12.1 Å². The van der Waals surface area contributed by atoms with Gasteiger partial charge in [0.1, 0.15) is 6.61 Å². The summed E-state index contributed by atoms with van der Waals surface area (Å²) in [5.74, 6) is -2.22. The van der Waals surface area contributed by atoms with E-state index in [9.17, 15) is 26.4 Å². The Morgan fingerprint density at radius 1 is 1.03 bits per heavy atom. The van der Waals surface area contributed by atoms with Crippen LogP contribution in [0.15, 0.2) is 70.0 Å². The summed E-state index contributed by atoms with van der Waals surface area (Å²) < 4.78 is 70.0. The summed E-state index contributed by atoms with van der Waals surface area (Å²) in [6, 6.07) is 17.2. The fraction of sp³-hybridized carbons (Fsp3) is 0.250. The maximum absolute atomic E-state index is 12.7. The fourth-order valence-electron chi connectivity index (χ4n) is 3.27. The van der Waals surface area contributed by atoms with Gasteiger partial charge in [0.25, 0.3) is 10.0 Å². The van der Waals surface area contributed by atoms with Gasteiger partial charge in [-0.25, -0.2) is 4.79 Å². The maximum Gasteiger partial charge on any atom is 0.490 e. The normalized spacial score (nSPS) is 12.3. The number of alkyl halides is 3. The zero-order chi connectivity index (χ0) is 24.9. The number of esters is 1. The number of likely N-dealkylation sites (N-methyl/N-ethyl adjacent to an activating group) is 1. The highest BCUT2D eigenvalue weighted by Gasteiger charge is 2.40. The summed E-state index contributed by atoms with van der Waals surface area (Å²) in [4.78, 5) is 12.6. The van der Waals surface area contributed by atoms with E-state index in [1.807, 2.05) is 25.1 Å². The molecule has 0 aromatic heterocycles. The van der Waals surface area contributed by atoms with E-state index in [1.165, 1.54) is 12.3 Å². The highest BCUT2D eigenvalue weighted by molar-refractivity contribution is 7.90. The number of carbonyl (C=O) groups is 1. The number of benzene rings is 3. The summed E-state index contributed by atoms with van der Waals surface area (Å²) in [5.41, 5.74) is 2.28. The SMILES string of the molecule is CCN(CCOC(=O)C(F)(F)F)c1ccc(C=NS(=O)(=O)c2ccc3cc(C)ccc3c2)cc1. The molecular weight excluding hydrogens is 469 g/mol. The molecule has 0 aliphatic rings. The van der Waals surface area contributed by atoms with Crippen LogP contribution < -0.4 is 4.90 Å². The number of hydrogen-bond donors (Lipinski definition) is 0. The number of fused-ring (bicyclic) bond motifs is 1. The molecule has 34 heavy (non-hydrogen) atoms. The van der Waals surface area contributed by atoms with Crippen molar-refractivity contribution in [1.82, 2.24) is 0 Å². The van der Waals surface area contributed by atoms with Crippen molar-refractivity contribution >= 4 is 38.7 Å². The molecule has 0 amide bonds. The van der Waals surface area contributed by atoms with Gasteiger partial charge in [-0.3, -0.25) is 0 Å². The molecule has 6 nitrogen and oxygen atoms in total. The topological polar surface area (TPSA) is 76.0 Å². The first-order chi connectivity index (χ1) is 16.0. The van der Waals surface area contributed by atoms with E-state index in [2.05, 4.69) is 9.13 Å². The van der Waals surface area contributed by atoms with Crippen LogP contribution >= 0.6 is 0 Å². The third kappa shape index (κ3) is 6.34. The molecule has 10 heteroatoms. The van der Waals surface area contributed by atoms with Crippen molar-refractivity contribution in [2.24, 2.45) is 4.40 Å². The van der Waals surface area contributed by atoms with Crippen molar-refractivity contribution in [3.8, 4) is 0 Å². The first kappa shape index (κ1) is 25.2. The summed E-state index contributed by atoms with van der Waals surface area (Å²) in [5, 5.41) is 1.74. The van der Waals surface area contributed by atoms with Crippen molar-refractivity contribution in [1.29, 1.82) is 0 Å². The van der Waals surface area contributed by atoms with Crippen molar-refractivity contribution < 1.29 is 31.1 Å². The molecule has 0 saturated heterocycles. The Balaban J connectivity index is 1.67. The number of nitrogens with zero attached hydrogens (tertiary/aromatic N) is 2. The van der Waals surface area contributed by atoms with Crippen molar-refractivity contribution in [2.75, 3.05) is 24.6 Å². The molecule has 0 saturated carbocycles. The summed E-state index contributed by atoms with van der Waals surface area (Å²) in [6.07, 6.45) is -3.79. The van der Waals surface area contributed by atoms with Crippen LogP contribution in [0.25, 0.3) is 10.8 Å².